The van der Waals surface area contributed by atoms with Crippen LogP contribution in [0.15, 0.2) is 22.7 Å². The number of methoxy groups -OCH3 is 1. The van der Waals surface area contributed by atoms with E-state index in [2.05, 4.69) is 20.9 Å². The first-order valence-corrected chi connectivity index (χ1v) is 7.63. The molecule has 0 aliphatic heterocycles. The lowest BCUT2D eigenvalue weighted by atomic mass is 10.1. The van der Waals surface area contributed by atoms with Crippen LogP contribution in [-0.4, -0.2) is 23.2 Å². The summed E-state index contributed by atoms with van der Waals surface area (Å²) in [6.07, 6.45) is 0. The zero-order chi connectivity index (χ0) is 14.9. The minimum atomic E-state index is -1.02. The van der Waals surface area contributed by atoms with E-state index in [1.54, 1.807) is 13.2 Å². The quantitative estimate of drug-likeness (QED) is 0.882. The largest absolute Gasteiger partial charge is 0.496 e. The zero-order valence-corrected chi connectivity index (χ0v) is 13.7. The van der Waals surface area contributed by atoms with Crippen molar-refractivity contribution in [2.75, 3.05) is 7.11 Å². The monoisotopic (exact) mass is 355 g/mol. The van der Waals surface area contributed by atoms with E-state index in [0.717, 1.165) is 15.0 Å². The standard InChI is InChI=1S/C14H14BrNO3S/c1-7(2)13-16-11(14(17)18)12(20-13)9-6-8(15)4-5-10(9)19-3/h4-7H,1-3H3,(H,17,18). The topological polar surface area (TPSA) is 59.4 Å². The second kappa shape index (κ2) is 5.93. The Kier molecular flexibility index (Phi) is 4.45. The van der Waals surface area contributed by atoms with E-state index in [4.69, 9.17) is 4.74 Å². The summed E-state index contributed by atoms with van der Waals surface area (Å²) in [6, 6.07) is 5.51. The Labute approximate surface area is 129 Å². The molecule has 0 amide bonds. The first-order chi connectivity index (χ1) is 9.43. The van der Waals surface area contributed by atoms with Gasteiger partial charge in [0.15, 0.2) is 5.69 Å². The Morgan fingerprint density at radius 1 is 1.45 bits per heavy atom. The van der Waals surface area contributed by atoms with Crippen LogP contribution in [0.2, 0.25) is 0 Å². The molecule has 0 fully saturated rings. The van der Waals surface area contributed by atoms with Crippen LogP contribution in [0.25, 0.3) is 10.4 Å². The van der Waals surface area contributed by atoms with Crippen molar-refractivity contribution < 1.29 is 14.6 Å². The maximum atomic E-state index is 11.4. The highest BCUT2D eigenvalue weighted by Gasteiger charge is 2.22. The van der Waals surface area contributed by atoms with Gasteiger partial charge in [0, 0.05) is 16.0 Å². The molecule has 0 unspecified atom stereocenters. The number of thiazole rings is 1. The van der Waals surface area contributed by atoms with E-state index in [1.165, 1.54) is 11.3 Å². The van der Waals surface area contributed by atoms with Crippen molar-refractivity contribution in [3.8, 4) is 16.2 Å². The van der Waals surface area contributed by atoms with Gasteiger partial charge in [-0.25, -0.2) is 9.78 Å². The normalized spacial score (nSPS) is 10.8. The molecule has 1 heterocycles. The molecular weight excluding hydrogens is 342 g/mol. The molecule has 0 saturated heterocycles. The first-order valence-electron chi connectivity index (χ1n) is 6.02. The number of benzene rings is 1. The van der Waals surface area contributed by atoms with Gasteiger partial charge in [-0.2, -0.15) is 0 Å². The molecule has 106 valence electrons. The summed E-state index contributed by atoms with van der Waals surface area (Å²) in [5.74, 6) is -0.204. The second-order valence-corrected chi connectivity index (χ2v) is 6.48. The fraction of sp³-hybridized carbons (Fsp3) is 0.286. The van der Waals surface area contributed by atoms with E-state index in [0.29, 0.717) is 10.6 Å². The molecule has 0 spiro atoms. The highest BCUT2D eigenvalue weighted by Crippen LogP contribution is 2.39. The molecular formula is C14H14BrNO3S. The summed E-state index contributed by atoms with van der Waals surface area (Å²) < 4.78 is 6.19. The van der Waals surface area contributed by atoms with Gasteiger partial charge >= 0.3 is 5.97 Å². The number of aromatic nitrogens is 1. The molecule has 1 aromatic carbocycles. The molecule has 0 radical (unpaired) electrons. The number of carboxylic acid groups (broad SMARTS) is 1. The lowest BCUT2D eigenvalue weighted by molar-refractivity contribution is 0.0692. The minimum absolute atomic E-state index is 0.0788. The van der Waals surface area contributed by atoms with E-state index in [9.17, 15) is 9.90 Å². The molecule has 2 rings (SSSR count). The highest BCUT2D eigenvalue weighted by atomic mass is 79.9. The van der Waals surface area contributed by atoms with Gasteiger partial charge in [0.05, 0.1) is 17.0 Å². The molecule has 1 N–H and O–H groups in total. The lowest BCUT2D eigenvalue weighted by Gasteiger charge is -2.07. The van der Waals surface area contributed by atoms with Gasteiger partial charge in [-0.05, 0) is 18.2 Å². The lowest BCUT2D eigenvalue weighted by Crippen LogP contribution is -2.00. The highest BCUT2D eigenvalue weighted by molar-refractivity contribution is 9.10. The van der Waals surface area contributed by atoms with Crippen molar-refractivity contribution in [2.45, 2.75) is 19.8 Å². The van der Waals surface area contributed by atoms with Crippen LogP contribution in [0.1, 0.15) is 35.3 Å². The van der Waals surface area contributed by atoms with E-state index < -0.39 is 5.97 Å². The van der Waals surface area contributed by atoms with E-state index in [1.807, 2.05) is 26.0 Å². The molecule has 0 aliphatic rings. The molecule has 0 saturated carbocycles. The van der Waals surface area contributed by atoms with Crippen LogP contribution in [0, 0.1) is 0 Å². The third-order valence-electron chi connectivity index (χ3n) is 2.75. The number of carboxylic acids is 1. The van der Waals surface area contributed by atoms with E-state index in [-0.39, 0.29) is 11.6 Å². The number of rotatable bonds is 4. The molecule has 1 aromatic heterocycles. The van der Waals surface area contributed by atoms with Gasteiger partial charge in [0.2, 0.25) is 0 Å². The average Bonchev–Trinajstić information content (AvgIpc) is 2.83. The summed E-state index contributed by atoms with van der Waals surface area (Å²) >= 11 is 4.80. The number of halogens is 1. The Morgan fingerprint density at radius 2 is 2.15 bits per heavy atom. The molecule has 4 nitrogen and oxygen atoms in total. The van der Waals surface area contributed by atoms with Gasteiger partial charge in [-0.15, -0.1) is 11.3 Å². The van der Waals surface area contributed by atoms with Gasteiger partial charge in [-0.1, -0.05) is 29.8 Å². The summed E-state index contributed by atoms with van der Waals surface area (Å²) in [4.78, 5) is 16.3. The van der Waals surface area contributed by atoms with Crippen molar-refractivity contribution in [1.29, 1.82) is 0 Å². The van der Waals surface area contributed by atoms with Crippen molar-refractivity contribution >= 4 is 33.2 Å². The number of hydrogen-bond acceptors (Lipinski definition) is 4. The number of ether oxygens (including phenoxy) is 1. The number of carbonyl (C=O) groups is 1. The van der Waals surface area contributed by atoms with Crippen LogP contribution in [0.4, 0.5) is 0 Å². The van der Waals surface area contributed by atoms with Crippen molar-refractivity contribution in [2.24, 2.45) is 0 Å². The fourth-order valence-corrected chi connectivity index (χ4v) is 3.21. The third kappa shape index (κ3) is 2.86. The number of nitrogens with zero attached hydrogens (tertiary/aromatic N) is 1. The zero-order valence-electron chi connectivity index (χ0n) is 11.3. The molecule has 6 heteroatoms. The van der Waals surface area contributed by atoms with Crippen LogP contribution in [0.5, 0.6) is 5.75 Å². The smallest absolute Gasteiger partial charge is 0.356 e. The SMILES string of the molecule is COc1ccc(Br)cc1-c1sc(C(C)C)nc1C(=O)O. The van der Waals surface area contributed by atoms with Gasteiger partial charge < -0.3 is 9.84 Å². The fourth-order valence-electron chi connectivity index (χ4n) is 1.77. The molecule has 20 heavy (non-hydrogen) atoms. The Hall–Kier alpha value is -1.40. The Bertz CT molecular complexity index is 652. The van der Waals surface area contributed by atoms with E-state index >= 15 is 0 Å². The van der Waals surface area contributed by atoms with Crippen LogP contribution >= 0.6 is 27.3 Å². The average molecular weight is 356 g/mol. The number of aromatic carboxylic acids is 1. The molecule has 2 aromatic rings. The van der Waals surface area contributed by atoms with Gasteiger partial charge in [0.1, 0.15) is 5.75 Å². The Morgan fingerprint density at radius 3 is 2.70 bits per heavy atom. The van der Waals surface area contributed by atoms with Gasteiger partial charge in [-0.3, -0.25) is 0 Å². The summed E-state index contributed by atoms with van der Waals surface area (Å²) in [7, 11) is 1.57. The summed E-state index contributed by atoms with van der Waals surface area (Å²) in [6.45, 7) is 3.98. The molecule has 0 atom stereocenters. The maximum absolute atomic E-state index is 11.4. The Balaban J connectivity index is 2.68. The van der Waals surface area contributed by atoms with Crippen LogP contribution in [-0.2, 0) is 0 Å². The van der Waals surface area contributed by atoms with Crippen molar-refractivity contribution in [3.63, 3.8) is 0 Å². The second-order valence-electron chi connectivity index (χ2n) is 4.53. The van der Waals surface area contributed by atoms with Crippen LogP contribution < -0.4 is 4.74 Å². The summed E-state index contributed by atoms with van der Waals surface area (Å²) in [5, 5.41) is 10.2. The predicted octanol–water partition coefficient (Wildman–Crippen LogP) is 4.40. The first kappa shape index (κ1) is 15.0. The summed E-state index contributed by atoms with van der Waals surface area (Å²) in [5.41, 5.74) is 0.818. The van der Waals surface area contributed by atoms with Crippen LogP contribution in [0.3, 0.4) is 0 Å². The predicted molar refractivity (Wildman–Crippen MR) is 82.9 cm³/mol. The maximum Gasteiger partial charge on any atom is 0.356 e. The number of hydrogen-bond donors (Lipinski definition) is 1. The minimum Gasteiger partial charge on any atom is -0.496 e. The molecule has 0 aliphatic carbocycles. The molecule has 0 bridgehead atoms. The van der Waals surface area contributed by atoms with Crippen molar-refractivity contribution in [1.82, 2.24) is 4.98 Å². The van der Waals surface area contributed by atoms with Gasteiger partial charge in [0.25, 0.3) is 0 Å². The third-order valence-corrected chi connectivity index (χ3v) is 4.63. The van der Waals surface area contributed by atoms with Crippen molar-refractivity contribution in [3.05, 3.63) is 33.4 Å².